The van der Waals surface area contributed by atoms with Gasteiger partial charge in [-0.1, -0.05) is 23.2 Å². The second-order valence-electron chi connectivity index (χ2n) is 5.17. The summed E-state index contributed by atoms with van der Waals surface area (Å²) in [5.41, 5.74) is 0.646. The second-order valence-corrected chi connectivity index (χ2v) is 5.99. The third-order valence-corrected chi connectivity index (χ3v) is 4.04. The van der Waals surface area contributed by atoms with Crippen LogP contribution in [0.3, 0.4) is 0 Å². The first-order valence-corrected chi connectivity index (χ1v) is 7.94. The summed E-state index contributed by atoms with van der Waals surface area (Å²) in [6, 6.07) is 4.37. The van der Waals surface area contributed by atoms with E-state index in [1.807, 2.05) is 0 Å². The Labute approximate surface area is 157 Å². The molecule has 0 unspecified atom stereocenters. The number of carbonyl (C=O) groups excluding carboxylic acids is 2. The number of anilines is 1. The number of methoxy groups -OCH3 is 1. The molecule has 2 aromatic carbocycles. The molecule has 1 amide bonds. The van der Waals surface area contributed by atoms with Gasteiger partial charge in [-0.05, 0) is 30.7 Å². The fourth-order valence-electron chi connectivity index (χ4n) is 2.00. The summed E-state index contributed by atoms with van der Waals surface area (Å²) >= 11 is 11.7. The van der Waals surface area contributed by atoms with Gasteiger partial charge in [0.25, 0.3) is 5.91 Å². The van der Waals surface area contributed by atoms with Crippen molar-refractivity contribution >= 4 is 40.8 Å². The van der Waals surface area contributed by atoms with Gasteiger partial charge in [0, 0.05) is 11.1 Å². The van der Waals surface area contributed by atoms with Gasteiger partial charge in [-0.3, -0.25) is 4.79 Å². The fourth-order valence-corrected chi connectivity index (χ4v) is 2.39. The molecular weight excluding hydrogens is 391 g/mol. The van der Waals surface area contributed by atoms with Crippen LogP contribution in [0, 0.1) is 18.6 Å². The van der Waals surface area contributed by atoms with Crippen LogP contribution in [-0.2, 0) is 9.53 Å². The number of ether oxygens (including phenoxy) is 2. The van der Waals surface area contributed by atoms with Crippen LogP contribution in [0.25, 0.3) is 0 Å². The third kappa shape index (κ3) is 4.62. The number of esters is 1. The summed E-state index contributed by atoms with van der Waals surface area (Å²) in [5, 5.41) is 2.63. The number of aryl methyl sites for hydroxylation is 1. The third-order valence-electron chi connectivity index (χ3n) is 3.32. The van der Waals surface area contributed by atoms with Gasteiger partial charge in [0.1, 0.15) is 5.75 Å². The molecule has 5 nitrogen and oxygen atoms in total. The number of halogens is 4. The molecule has 26 heavy (non-hydrogen) atoms. The molecule has 0 saturated heterocycles. The highest BCUT2D eigenvalue weighted by Gasteiger charge is 2.18. The quantitative estimate of drug-likeness (QED) is 0.593. The molecule has 0 bridgehead atoms. The van der Waals surface area contributed by atoms with Crippen molar-refractivity contribution in [3.8, 4) is 5.75 Å². The Morgan fingerprint density at radius 3 is 2.38 bits per heavy atom. The number of benzene rings is 2. The number of rotatable bonds is 5. The zero-order valence-corrected chi connectivity index (χ0v) is 15.2. The van der Waals surface area contributed by atoms with Crippen LogP contribution in [0.15, 0.2) is 24.3 Å². The first kappa shape index (κ1) is 19.9. The second kappa shape index (κ2) is 8.33. The molecule has 0 aliphatic heterocycles. The Balaban J connectivity index is 2.04. The van der Waals surface area contributed by atoms with E-state index >= 15 is 0 Å². The Kier molecular flexibility index (Phi) is 6.39. The van der Waals surface area contributed by atoms with Gasteiger partial charge in [-0.25, -0.2) is 13.6 Å². The molecule has 0 spiro atoms. The highest BCUT2D eigenvalue weighted by molar-refractivity contribution is 6.33. The van der Waals surface area contributed by atoms with Crippen LogP contribution in [0.2, 0.25) is 10.0 Å². The van der Waals surface area contributed by atoms with Gasteiger partial charge in [-0.2, -0.15) is 0 Å². The molecule has 9 heteroatoms. The number of hydrogen-bond donors (Lipinski definition) is 1. The van der Waals surface area contributed by atoms with Crippen molar-refractivity contribution in [1.82, 2.24) is 0 Å². The number of nitrogens with one attached hydrogen (secondary N) is 1. The molecule has 138 valence electrons. The van der Waals surface area contributed by atoms with Crippen molar-refractivity contribution in [2.24, 2.45) is 0 Å². The first-order chi connectivity index (χ1) is 12.2. The summed E-state index contributed by atoms with van der Waals surface area (Å²) in [5.74, 6) is -3.87. The average Bonchev–Trinajstić information content (AvgIpc) is 2.59. The standard InChI is InChI=1S/C17H13Cl2F2NO4/c1-8-3-14(15(25-2)6-10(8)18)22-16(23)7-26-17(24)9-4-12(20)13(21)5-11(9)19/h3-6H,7H2,1-2H3,(H,22,23). The van der Waals surface area contributed by atoms with Crippen LogP contribution >= 0.6 is 23.2 Å². The van der Waals surface area contributed by atoms with Crippen LogP contribution in [0.4, 0.5) is 14.5 Å². The predicted octanol–water partition coefficient (Wildman–Crippen LogP) is 4.38. The zero-order valence-electron chi connectivity index (χ0n) is 13.7. The maximum Gasteiger partial charge on any atom is 0.340 e. The van der Waals surface area contributed by atoms with Crippen molar-refractivity contribution in [1.29, 1.82) is 0 Å². The minimum Gasteiger partial charge on any atom is -0.495 e. The monoisotopic (exact) mass is 403 g/mol. The Bertz CT molecular complexity index is 874. The molecule has 2 rings (SSSR count). The van der Waals surface area contributed by atoms with Crippen LogP contribution in [0.5, 0.6) is 5.75 Å². The fraction of sp³-hybridized carbons (Fsp3) is 0.176. The lowest BCUT2D eigenvalue weighted by atomic mass is 10.2. The van der Waals surface area contributed by atoms with E-state index in [0.717, 1.165) is 0 Å². The summed E-state index contributed by atoms with van der Waals surface area (Å²) in [6.07, 6.45) is 0. The van der Waals surface area contributed by atoms with E-state index in [-0.39, 0.29) is 5.02 Å². The Morgan fingerprint density at radius 1 is 1.08 bits per heavy atom. The van der Waals surface area contributed by atoms with E-state index < -0.39 is 35.7 Å². The van der Waals surface area contributed by atoms with Crippen molar-refractivity contribution in [3.05, 3.63) is 57.1 Å². The zero-order chi connectivity index (χ0) is 19.4. The van der Waals surface area contributed by atoms with Gasteiger partial charge in [-0.15, -0.1) is 0 Å². The molecule has 0 saturated carbocycles. The lowest BCUT2D eigenvalue weighted by Gasteiger charge is -2.12. The molecule has 1 N–H and O–H groups in total. The van der Waals surface area contributed by atoms with Crippen LogP contribution in [0.1, 0.15) is 15.9 Å². The molecule has 0 aromatic heterocycles. The van der Waals surface area contributed by atoms with E-state index in [0.29, 0.717) is 34.2 Å². The summed E-state index contributed by atoms with van der Waals surface area (Å²) < 4.78 is 36.1. The van der Waals surface area contributed by atoms with E-state index in [9.17, 15) is 18.4 Å². The van der Waals surface area contributed by atoms with Gasteiger partial charge in [0.05, 0.1) is 23.4 Å². The lowest BCUT2D eigenvalue weighted by Crippen LogP contribution is -2.21. The highest BCUT2D eigenvalue weighted by atomic mass is 35.5. The molecule has 0 atom stereocenters. The van der Waals surface area contributed by atoms with Gasteiger partial charge < -0.3 is 14.8 Å². The SMILES string of the molecule is COc1cc(Cl)c(C)cc1NC(=O)COC(=O)c1cc(F)c(F)cc1Cl. The maximum absolute atomic E-state index is 13.2. The summed E-state index contributed by atoms with van der Waals surface area (Å²) in [6.45, 7) is 1.07. The summed E-state index contributed by atoms with van der Waals surface area (Å²) in [7, 11) is 1.40. The molecular formula is C17H13Cl2F2NO4. The molecule has 0 heterocycles. The minimum absolute atomic E-state index is 0.323. The highest BCUT2D eigenvalue weighted by Crippen LogP contribution is 2.30. The molecule has 0 aliphatic carbocycles. The number of hydrogen-bond acceptors (Lipinski definition) is 4. The van der Waals surface area contributed by atoms with Crippen molar-refractivity contribution in [2.45, 2.75) is 6.92 Å². The number of carbonyl (C=O) groups is 2. The molecule has 0 fully saturated rings. The minimum atomic E-state index is -1.26. The Morgan fingerprint density at radius 2 is 1.73 bits per heavy atom. The maximum atomic E-state index is 13.2. The Hall–Kier alpha value is -2.38. The van der Waals surface area contributed by atoms with Crippen LogP contribution < -0.4 is 10.1 Å². The van der Waals surface area contributed by atoms with E-state index in [1.54, 1.807) is 13.0 Å². The normalized spacial score (nSPS) is 10.4. The lowest BCUT2D eigenvalue weighted by molar-refractivity contribution is -0.119. The van der Waals surface area contributed by atoms with Gasteiger partial charge in [0.15, 0.2) is 18.2 Å². The van der Waals surface area contributed by atoms with Crippen LogP contribution in [-0.4, -0.2) is 25.6 Å². The largest absolute Gasteiger partial charge is 0.495 e. The summed E-state index contributed by atoms with van der Waals surface area (Å²) in [4.78, 5) is 23.9. The van der Waals surface area contributed by atoms with Crippen molar-refractivity contribution < 1.29 is 27.8 Å². The van der Waals surface area contributed by atoms with Gasteiger partial charge >= 0.3 is 5.97 Å². The first-order valence-electron chi connectivity index (χ1n) is 7.18. The topological polar surface area (TPSA) is 64.6 Å². The molecule has 0 radical (unpaired) electrons. The van der Waals surface area contributed by atoms with Crippen molar-refractivity contribution in [2.75, 3.05) is 19.0 Å². The average molecular weight is 404 g/mol. The van der Waals surface area contributed by atoms with Crippen molar-refractivity contribution in [3.63, 3.8) is 0 Å². The predicted molar refractivity (Wildman–Crippen MR) is 93.0 cm³/mol. The molecule has 0 aliphatic rings. The van der Waals surface area contributed by atoms with Gasteiger partial charge in [0.2, 0.25) is 0 Å². The molecule has 2 aromatic rings. The van der Waals surface area contributed by atoms with E-state index in [2.05, 4.69) is 5.32 Å². The smallest absolute Gasteiger partial charge is 0.340 e. The number of amides is 1. The van der Waals surface area contributed by atoms with E-state index in [4.69, 9.17) is 32.7 Å². The van der Waals surface area contributed by atoms with E-state index in [1.165, 1.54) is 13.2 Å².